The zero-order valence-electron chi connectivity index (χ0n) is 29.4. The monoisotopic (exact) mass is 782 g/mol. The molecule has 3 saturated heterocycles. The molecule has 3 aromatic rings. The molecule has 0 bridgehead atoms. The first kappa shape index (κ1) is 40.5. The second-order valence-electron chi connectivity index (χ2n) is 13.5. The number of phenols is 3. The Bertz CT molecular complexity index is 1880. The topological polar surface area (TPSA) is 314 Å². The van der Waals surface area contributed by atoms with Gasteiger partial charge in [0.05, 0.1) is 18.8 Å². The van der Waals surface area contributed by atoms with Crippen LogP contribution in [0.15, 0.2) is 45.6 Å². The molecule has 0 spiro atoms. The van der Waals surface area contributed by atoms with Crippen LogP contribution >= 0.6 is 0 Å². The molecule has 3 fully saturated rings. The molecule has 1 aromatic heterocycles. The molecule has 15 atom stereocenters. The summed E-state index contributed by atoms with van der Waals surface area (Å²) < 4.78 is 45.5. The smallest absolute Gasteiger partial charge is 0.303 e. The molecule has 6 rings (SSSR count). The summed E-state index contributed by atoms with van der Waals surface area (Å²) in [5.74, 6) is -2.96. The predicted molar refractivity (Wildman–Crippen MR) is 179 cm³/mol. The van der Waals surface area contributed by atoms with E-state index in [1.54, 1.807) is 0 Å². The maximum Gasteiger partial charge on any atom is 0.303 e. The zero-order chi connectivity index (χ0) is 40.0. The number of aromatic hydroxyl groups is 3. The second kappa shape index (κ2) is 16.1. The van der Waals surface area contributed by atoms with Gasteiger partial charge in [-0.2, -0.15) is 0 Å². The van der Waals surface area contributed by atoms with Gasteiger partial charge in [-0.3, -0.25) is 9.59 Å². The first-order chi connectivity index (χ1) is 26.0. The molecule has 10 N–H and O–H groups in total. The number of aliphatic hydroxyl groups is 7. The van der Waals surface area contributed by atoms with Crippen molar-refractivity contribution in [3.63, 3.8) is 0 Å². The van der Waals surface area contributed by atoms with E-state index in [1.165, 1.54) is 38.1 Å². The van der Waals surface area contributed by atoms with Crippen LogP contribution < -0.4 is 10.2 Å². The van der Waals surface area contributed by atoms with E-state index in [4.69, 9.17) is 37.6 Å². The molecule has 302 valence electrons. The molecule has 0 unspecified atom stereocenters. The summed E-state index contributed by atoms with van der Waals surface area (Å²) >= 11 is 0. The minimum atomic E-state index is -2.00. The van der Waals surface area contributed by atoms with Crippen molar-refractivity contribution in [2.45, 2.75) is 113 Å². The molecule has 0 amide bonds. The number of phenolic OH excluding ortho intramolecular Hbond substituents is 3. The van der Waals surface area contributed by atoms with E-state index in [-0.39, 0.29) is 22.7 Å². The Morgan fingerprint density at radius 3 is 2.02 bits per heavy atom. The number of benzene rings is 2. The summed E-state index contributed by atoms with van der Waals surface area (Å²) in [6.07, 6.45) is -24.2. The molecule has 0 aliphatic carbocycles. The van der Waals surface area contributed by atoms with Crippen LogP contribution in [0.1, 0.15) is 20.8 Å². The number of fused-ring (bicyclic) bond motifs is 1. The highest BCUT2D eigenvalue weighted by Crippen LogP contribution is 2.38. The molecular formula is C35H42O20. The van der Waals surface area contributed by atoms with Gasteiger partial charge in [-0.25, -0.2) is 0 Å². The van der Waals surface area contributed by atoms with Crippen molar-refractivity contribution in [2.24, 2.45) is 0 Å². The Balaban J connectivity index is 1.24. The predicted octanol–water partition coefficient (Wildman–Crippen LogP) is -1.97. The highest BCUT2D eigenvalue weighted by atomic mass is 16.8. The number of hydrogen-bond acceptors (Lipinski definition) is 20. The van der Waals surface area contributed by atoms with E-state index < -0.39 is 133 Å². The largest absolute Gasteiger partial charge is 0.508 e. The number of aliphatic hydroxyl groups excluding tert-OH is 7. The van der Waals surface area contributed by atoms with Crippen molar-refractivity contribution in [2.75, 3.05) is 6.61 Å². The standard InChI is InChI=1S/C35H42O20/c1-11-21(40)24(43)26(45)34(49-11)55-32-28(47)33(50-12(2)29(32)51-13(3)36)48-10-19-22(41)25(44)27(46)35(53-19)54-31-23(42)20-17(39)8-16(38)9-18(20)52-30(31)14-4-6-15(37)7-5-14/h4-9,11-12,19,21-22,24-29,32-35,37-41,43-47H,10H2,1-3H3/t11-,12-,19+,21-,22+,24+,25-,26-,27-,28-,29-,32+,33+,34-,35-/m0/s1. The van der Waals surface area contributed by atoms with Crippen LogP contribution in [0.4, 0.5) is 0 Å². The highest BCUT2D eigenvalue weighted by molar-refractivity contribution is 5.88. The van der Waals surface area contributed by atoms with Crippen LogP contribution in [0.2, 0.25) is 0 Å². The lowest BCUT2D eigenvalue weighted by Crippen LogP contribution is -2.64. The van der Waals surface area contributed by atoms with Crippen molar-refractivity contribution in [1.82, 2.24) is 0 Å². The van der Waals surface area contributed by atoms with Crippen LogP contribution in [-0.2, 0) is 33.2 Å². The number of ether oxygens (including phenoxy) is 7. The average Bonchev–Trinajstić information content (AvgIpc) is 3.13. The maximum atomic E-state index is 13.8. The fourth-order valence-corrected chi connectivity index (χ4v) is 6.55. The summed E-state index contributed by atoms with van der Waals surface area (Å²) in [5.41, 5.74) is -1.08. The van der Waals surface area contributed by atoms with Gasteiger partial charge in [0.25, 0.3) is 0 Å². The summed E-state index contributed by atoms with van der Waals surface area (Å²) in [5, 5.41) is 105. The number of esters is 1. The van der Waals surface area contributed by atoms with Crippen molar-refractivity contribution in [3.8, 4) is 34.3 Å². The molecule has 20 nitrogen and oxygen atoms in total. The minimum Gasteiger partial charge on any atom is -0.508 e. The number of carbonyl (C=O) groups is 1. The molecule has 0 radical (unpaired) electrons. The van der Waals surface area contributed by atoms with Crippen LogP contribution in [0.5, 0.6) is 23.0 Å². The molecule has 0 saturated carbocycles. The van der Waals surface area contributed by atoms with E-state index in [0.717, 1.165) is 19.1 Å². The van der Waals surface area contributed by atoms with Gasteiger partial charge in [-0.1, -0.05) is 0 Å². The highest BCUT2D eigenvalue weighted by Gasteiger charge is 2.52. The van der Waals surface area contributed by atoms with Gasteiger partial charge in [0.15, 0.2) is 24.4 Å². The third kappa shape index (κ3) is 8.08. The van der Waals surface area contributed by atoms with Gasteiger partial charge < -0.3 is 88.6 Å². The van der Waals surface area contributed by atoms with Gasteiger partial charge in [0.1, 0.15) is 83.2 Å². The van der Waals surface area contributed by atoms with E-state index in [1.807, 2.05) is 0 Å². The number of rotatable bonds is 9. The lowest BCUT2D eigenvalue weighted by molar-refractivity contribution is -0.359. The van der Waals surface area contributed by atoms with Gasteiger partial charge in [0.2, 0.25) is 17.5 Å². The number of carbonyl (C=O) groups excluding carboxylic acids is 1. The lowest BCUT2D eigenvalue weighted by Gasteiger charge is -2.46. The lowest BCUT2D eigenvalue weighted by atomic mass is 9.97. The molecule has 3 aliphatic rings. The Labute approximate surface area is 310 Å². The Morgan fingerprint density at radius 2 is 1.35 bits per heavy atom. The summed E-state index contributed by atoms with van der Waals surface area (Å²) in [4.78, 5) is 25.7. The third-order valence-corrected chi connectivity index (χ3v) is 9.53. The minimum absolute atomic E-state index is 0.134. The van der Waals surface area contributed by atoms with Crippen LogP contribution in [-0.4, -0.2) is 156 Å². The molecule has 4 heterocycles. The third-order valence-electron chi connectivity index (χ3n) is 9.53. The summed E-state index contributed by atoms with van der Waals surface area (Å²) in [6, 6.07) is 7.20. The van der Waals surface area contributed by atoms with Gasteiger partial charge in [-0.05, 0) is 38.1 Å². The fourth-order valence-electron chi connectivity index (χ4n) is 6.55. The number of hydrogen-bond donors (Lipinski definition) is 10. The molecule has 3 aliphatic heterocycles. The van der Waals surface area contributed by atoms with E-state index in [2.05, 4.69) is 0 Å². The summed E-state index contributed by atoms with van der Waals surface area (Å²) in [6.45, 7) is 3.26. The quantitative estimate of drug-likeness (QED) is 0.105. The van der Waals surface area contributed by atoms with Crippen molar-refractivity contribution in [1.29, 1.82) is 0 Å². The Morgan fingerprint density at radius 1 is 0.709 bits per heavy atom. The average molecular weight is 783 g/mol. The first-order valence-corrected chi connectivity index (χ1v) is 17.1. The van der Waals surface area contributed by atoms with Gasteiger partial charge in [0, 0.05) is 24.6 Å². The molecule has 55 heavy (non-hydrogen) atoms. The Kier molecular flexibility index (Phi) is 11.9. The van der Waals surface area contributed by atoms with Crippen LogP contribution in [0.25, 0.3) is 22.3 Å². The van der Waals surface area contributed by atoms with Crippen molar-refractivity contribution >= 4 is 16.9 Å². The fraction of sp³-hybridized carbons (Fsp3) is 0.543. The van der Waals surface area contributed by atoms with Crippen molar-refractivity contribution < 1.29 is 93.4 Å². The van der Waals surface area contributed by atoms with Gasteiger partial charge >= 0.3 is 5.97 Å². The van der Waals surface area contributed by atoms with Crippen LogP contribution in [0, 0.1) is 0 Å². The van der Waals surface area contributed by atoms with E-state index in [0.29, 0.717) is 0 Å². The normalized spacial score (nSPS) is 36.7. The zero-order valence-corrected chi connectivity index (χ0v) is 29.4. The van der Waals surface area contributed by atoms with Gasteiger partial charge in [-0.15, -0.1) is 0 Å². The van der Waals surface area contributed by atoms with Crippen LogP contribution in [0.3, 0.4) is 0 Å². The van der Waals surface area contributed by atoms with E-state index in [9.17, 15) is 60.7 Å². The first-order valence-electron chi connectivity index (χ1n) is 17.1. The molecule has 20 heteroatoms. The maximum absolute atomic E-state index is 13.8. The summed E-state index contributed by atoms with van der Waals surface area (Å²) in [7, 11) is 0. The van der Waals surface area contributed by atoms with Crippen molar-refractivity contribution in [3.05, 3.63) is 46.6 Å². The Hall–Kier alpha value is -4.16. The SMILES string of the molecule is CC(=O)O[C@@H]1[C@H](O[C@@H]2O[C@@H](C)[C@H](O)[C@@H](O)[C@@H]2O)[C@H](O)[C@H](OC[C@H]2O[C@@H](Oc3c(-c4ccc(O)cc4)oc4cc(O)cc(O)c4c3=O)[C@@H](O)[C@@H](O)[C@@H]2O)O[C@H]1C. The second-order valence-corrected chi connectivity index (χ2v) is 13.5. The molecule has 2 aromatic carbocycles. The van der Waals surface area contributed by atoms with E-state index >= 15 is 0 Å². The molecular weight excluding hydrogens is 740 g/mol.